The minimum absolute atomic E-state index is 0.556. The second-order valence-corrected chi connectivity index (χ2v) is 10.0. The Kier molecular flexibility index (Phi) is 27.0. The van der Waals surface area contributed by atoms with Crippen LogP contribution in [0.5, 0.6) is 0 Å². The highest BCUT2D eigenvalue weighted by Gasteiger charge is 2.14. The van der Waals surface area contributed by atoms with E-state index in [-0.39, 0.29) is 0 Å². The summed E-state index contributed by atoms with van der Waals surface area (Å²) in [7, 11) is -1.32. The average Bonchev–Trinajstić information content (AvgIpc) is 2.76. The second kappa shape index (κ2) is 26.0. The van der Waals surface area contributed by atoms with Crippen molar-refractivity contribution in [2.24, 2.45) is 21.8 Å². The molecular weight excluding hydrogens is 395 g/mol. The zero-order chi connectivity index (χ0) is 22.9. The quantitative estimate of drug-likeness (QED) is 0.0918. The molecule has 0 heterocycles. The minimum Gasteiger partial charge on any atom is -0.327 e. The van der Waals surface area contributed by atoms with Crippen molar-refractivity contribution in [3.8, 4) is 0 Å². The van der Waals surface area contributed by atoms with Crippen LogP contribution in [0.3, 0.4) is 0 Å². The zero-order valence-corrected chi connectivity index (χ0v) is 21.1. The van der Waals surface area contributed by atoms with Gasteiger partial charge in [-0.25, -0.2) is 19.6 Å². The maximum absolute atomic E-state index is 12.3. The van der Waals surface area contributed by atoms with Crippen LogP contribution in [0.15, 0.2) is 9.98 Å². The molecule has 2 atom stereocenters. The highest BCUT2D eigenvalue weighted by molar-refractivity contribution is 7.44. The molecule has 0 N–H and O–H groups in total. The lowest BCUT2D eigenvalue weighted by Gasteiger charge is -2.18. The molecule has 0 radical (unpaired) electrons. The predicted octanol–water partition coefficient (Wildman–Crippen LogP) is 7.20. The van der Waals surface area contributed by atoms with E-state index in [0.717, 1.165) is 49.8 Å². The van der Waals surface area contributed by atoms with Gasteiger partial charge in [0.15, 0.2) is 0 Å². The first-order valence-electron chi connectivity index (χ1n) is 12.2. The normalized spacial score (nSPS) is 13.2. The van der Waals surface area contributed by atoms with Crippen LogP contribution in [0.1, 0.15) is 105 Å². The van der Waals surface area contributed by atoms with Gasteiger partial charge in [-0.3, -0.25) is 0 Å². The topological polar surface area (TPSA) is 75.9 Å². The summed E-state index contributed by atoms with van der Waals surface area (Å²) in [5.41, 5.74) is 0. The van der Waals surface area contributed by atoms with Crippen molar-refractivity contribution in [2.75, 3.05) is 25.4 Å². The highest BCUT2D eigenvalue weighted by Crippen LogP contribution is 2.33. The summed E-state index contributed by atoms with van der Waals surface area (Å²) in [6.07, 6.45) is 19.0. The van der Waals surface area contributed by atoms with Crippen molar-refractivity contribution in [3.05, 3.63) is 0 Å². The van der Waals surface area contributed by atoms with Gasteiger partial charge >= 0.3 is 0 Å². The molecule has 0 amide bonds. The first-order valence-corrected chi connectivity index (χ1v) is 14.0. The van der Waals surface area contributed by atoms with Crippen molar-refractivity contribution >= 4 is 20.0 Å². The molecule has 0 aliphatic heterocycles. The first kappa shape index (κ1) is 31.2. The Bertz CT molecular complexity index is 445. The highest BCUT2D eigenvalue weighted by atomic mass is 31.1. The summed E-state index contributed by atoms with van der Waals surface area (Å²) in [5.74, 6) is 1.44. The van der Waals surface area contributed by atoms with E-state index in [1.165, 1.54) is 63.5 Å². The summed E-state index contributed by atoms with van der Waals surface area (Å²) in [6, 6.07) is 0. The number of unbranched alkanes of at least 4 members (excludes halogenated alkanes) is 5. The van der Waals surface area contributed by atoms with Crippen LogP contribution >= 0.6 is 7.80 Å². The van der Waals surface area contributed by atoms with E-state index in [4.69, 9.17) is 0 Å². The van der Waals surface area contributed by atoms with E-state index in [9.17, 15) is 14.2 Å². The predicted molar refractivity (Wildman–Crippen MR) is 130 cm³/mol. The van der Waals surface area contributed by atoms with Gasteiger partial charge in [-0.05, 0) is 24.7 Å². The molecule has 2 unspecified atom stereocenters. The largest absolute Gasteiger partial charge is 0.327 e. The van der Waals surface area contributed by atoms with Gasteiger partial charge in [0.1, 0.15) is 0 Å². The molecule has 0 aliphatic carbocycles. The van der Waals surface area contributed by atoms with Gasteiger partial charge in [0.2, 0.25) is 12.2 Å². The van der Waals surface area contributed by atoms with E-state index in [1.54, 1.807) is 0 Å². The fourth-order valence-corrected chi connectivity index (χ4v) is 5.88. The van der Waals surface area contributed by atoms with Crippen LogP contribution in [0.25, 0.3) is 0 Å². The third-order valence-corrected chi connectivity index (χ3v) is 7.60. The molecule has 5 nitrogen and oxygen atoms in total. The van der Waals surface area contributed by atoms with Crippen molar-refractivity contribution in [1.29, 1.82) is 0 Å². The number of nitrogens with zero attached hydrogens (tertiary/aromatic N) is 2. The number of aliphatic imine (C=N–C) groups is 2. The summed E-state index contributed by atoms with van der Waals surface area (Å²) in [4.78, 5) is 26.1. The number of hydrogen-bond acceptors (Lipinski definition) is 5. The second-order valence-electron chi connectivity index (χ2n) is 8.14. The van der Waals surface area contributed by atoms with Crippen LogP contribution in [0.2, 0.25) is 0 Å². The maximum atomic E-state index is 12.3. The Morgan fingerprint density at radius 2 is 1.07 bits per heavy atom. The summed E-state index contributed by atoms with van der Waals surface area (Å²) >= 11 is 0. The lowest BCUT2D eigenvalue weighted by Crippen LogP contribution is -2.07. The van der Waals surface area contributed by atoms with Crippen molar-refractivity contribution in [3.63, 3.8) is 0 Å². The Hall–Kier alpha value is -1.01. The maximum Gasteiger partial charge on any atom is 0.234 e. The lowest BCUT2D eigenvalue weighted by atomic mass is 10.0. The van der Waals surface area contributed by atoms with Crippen LogP contribution in [0, 0.1) is 11.8 Å². The van der Waals surface area contributed by atoms with Gasteiger partial charge in [0, 0.05) is 12.3 Å². The Labute approximate surface area is 186 Å². The van der Waals surface area contributed by atoms with Crippen LogP contribution in [-0.2, 0) is 14.2 Å². The standard InChI is InChI=1S/C16H35OP.C8H12N2O2/c1-5-9-11-15(7-3)13-18(17)14-16(8-4)12-10-6-2;11-7-9-5-3-1-2-4-6-10-8-12/h15-16,18H,5-14H2,1-4H3;1-6H2. The molecule has 0 spiro atoms. The van der Waals surface area contributed by atoms with Crippen molar-refractivity contribution in [2.45, 2.75) is 105 Å². The number of rotatable bonds is 19. The average molecular weight is 443 g/mol. The molecule has 0 bridgehead atoms. The number of carbonyl (C=O) groups excluding carboxylic acids is 2. The van der Waals surface area contributed by atoms with E-state index in [1.807, 2.05) is 0 Å². The van der Waals surface area contributed by atoms with E-state index in [0.29, 0.717) is 13.1 Å². The molecule has 0 aliphatic rings. The molecule has 0 saturated carbocycles. The van der Waals surface area contributed by atoms with E-state index in [2.05, 4.69) is 37.7 Å². The van der Waals surface area contributed by atoms with Crippen molar-refractivity contribution < 1.29 is 14.2 Å². The molecule has 30 heavy (non-hydrogen) atoms. The molecule has 176 valence electrons. The molecule has 0 aromatic carbocycles. The minimum atomic E-state index is -1.32. The molecule has 0 fully saturated rings. The fraction of sp³-hybridized carbons (Fsp3) is 0.917. The molecule has 0 rings (SSSR count). The van der Waals surface area contributed by atoms with Crippen LogP contribution < -0.4 is 0 Å². The van der Waals surface area contributed by atoms with Gasteiger partial charge in [-0.2, -0.15) is 0 Å². The number of isocyanates is 2. The smallest absolute Gasteiger partial charge is 0.234 e. The Morgan fingerprint density at radius 3 is 1.37 bits per heavy atom. The Balaban J connectivity index is 0. The number of hydrogen-bond donors (Lipinski definition) is 0. The zero-order valence-electron chi connectivity index (χ0n) is 20.1. The van der Waals surface area contributed by atoms with Gasteiger partial charge in [-0.15, -0.1) is 0 Å². The third kappa shape index (κ3) is 23.3. The molecule has 0 saturated heterocycles. The first-order chi connectivity index (χ1) is 14.6. The van der Waals surface area contributed by atoms with Crippen molar-refractivity contribution in [1.82, 2.24) is 0 Å². The Morgan fingerprint density at radius 1 is 0.667 bits per heavy atom. The van der Waals surface area contributed by atoms with Gasteiger partial charge in [0.25, 0.3) is 0 Å². The molecule has 0 aromatic rings. The molecular formula is C24H47N2O3P. The van der Waals surface area contributed by atoms with E-state index < -0.39 is 7.80 Å². The monoisotopic (exact) mass is 442 g/mol. The van der Waals surface area contributed by atoms with Gasteiger partial charge in [-0.1, -0.05) is 91.9 Å². The van der Waals surface area contributed by atoms with Crippen LogP contribution in [-0.4, -0.2) is 37.6 Å². The SMILES string of the molecule is CCCCC(CC)C[PH](=O)CC(CC)CCCC.O=C=NCCCCCCN=C=O. The fourth-order valence-electron chi connectivity index (χ4n) is 3.44. The third-order valence-electron chi connectivity index (χ3n) is 5.54. The van der Waals surface area contributed by atoms with Crippen LogP contribution in [0.4, 0.5) is 0 Å². The summed E-state index contributed by atoms with van der Waals surface area (Å²) < 4.78 is 12.3. The lowest BCUT2D eigenvalue weighted by molar-refractivity contribution is 0.470. The molecule has 6 heteroatoms. The van der Waals surface area contributed by atoms with E-state index >= 15 is 0 Å². The molecule has 0 aromatic heterocycles. The van der Waals surface area contributed by atoms with Gasteiger partial charge < -0.3 is 4.57 Å². The van der Waals surface area contributed by atoms with Gasteiger partial charge in [0.05, 0.1) is 20.9 Å². The summed E-state index contributed by atoms with van der Waals surface area (Å²) in [6.45, 7) is 10.1. The summed E-state index contributed by atoms with van der Waals surface area (Å²) in [5, 5.41) is 0.